The SMILES string of the molecule is CC1(O)CC(=N)N=N1. The average molecular weight is 113 g/mol. The maximum atomic E-state index is 8.96. The molecule has 1 aliphatic heterocycles. The van der Waals surface area contributed by atoms with Crippen molar-refractivity contribution < 1.29 is 5.11 Å². The number of aliphatic hydroxyl groups is 1. The van der Waals surface area contributed by atoms with Crippen molar-refractivity contribution in [1.82, 2.24) is 0 Å². The fourth-order valence-corrected chi connectivity index (χ4v) is 0.556. The number of azo groups is 1. The summed E-state index contributed by atoms with van der Waals surface area (Å²) in [4.78, 5) is 0. The maximum Gasteiger partial charge on any atom is 0.180 e. The summed E-state index contributed by atoms with van der Waals surface area (Å²) in [5.74, 6) is 0.148. The molecule has 0 amide bonds. The second-order valence-corrected chi connectivity index (χ2v) is 2.04. The van der Waals surface area contributed by atoms with Crippen LogP contribution in [0.5, 0.6) is 0 Å². The molecule has 1 atom stereocenters. The lowest BCUT2D eigenvalue weighted by Gasteiger charge is -2.05. The van der Waals surface area contributed by atoms with Gasteiger partial charge in [-0.2, -0.15) is 5.11 Å². The Bertz CT molecular complexity index is 149. The fraction of sp³-hybridized carbons (Fsp3) is 0.750. The van der Waals surface area contributed by atoms with Gasteiger partial charge in [-0.15, -0.1) is 5.11 Å². The van der Waals surface area contributed by atoms with E-state index in [1.54, 1.807) is 0 Å². The van der Waals surface area contributed by atoms with Crippen LogP contribution in [0, 0.1) is 5.41 Å². The zero-order chi connectivity index (χ0) is 6.20. The smallest absolute Gasteiger partial charge is 0.180 e. The van der Waals surface area contributed by atoms with Gasteiger partial charge in [-0.1, -0.05) is 0 Å². The van der Waals surface area contributed by atoms with Crippen LogP contribution in [-0.2, 0) is 0 Å². The molecule has 0 bridgehead atoms. The van der Waals surface area contributed by atoms with E-state index >= 15 is 0 Å². The number of nitrogens with one attached hydrogen (secondary N) is 1. The number of amidine groups is 1. The molecule has 4 heteroatoms. The van der Waals surface area contributed by atoms with Crippen molar-refractivity contribution in [2.24, 2.45) is 10.2 Å². The van der Waals surface area contributed by atoms with Crippen molar-refractivity contribution >= 4 is 5.84 Å². The quantitative estimate of drug-likeness (QED) is 0.472. The largest absolute Gasteiger partial charge is 0.368 e. The molecule has 0 aliphatic carbocycles. The number of hydrogen-bond donors (Lipinski definition) is 2. The Hall–Kier alpha value is -0.770. The standard InChI is InChI=1S/C4H7N3O/c1-4(8)2-3(5)6-7-4/h5,8H,2H2,1H3. The van der Waals surface area contributed by atoms with E-state index in [1.807, 2.05) is 0 Å². The first-order valence-corrected chi connectivity index (χ1v) is 2.33. The van der Waals surface area contributed by atoms with Gasteiger partial charge in [0, 0.05) is 0 Å². The third-order valence-corrected chi connectivity index (χ3v) is 0.888. The molecule has 0 fully saturated rings. The first-order chi connectivity index (χ1) is 3.60. The summed E-state index contributed by atoms with van der Waals surface area (Å²) in [6, 6.07) is 0. The summed E-state index contributed by atoms with van der Waals surface area (Å²) in [6.45, 7) is 1.53. The highest BCUT2D eigenvalue weighted by Gasteiger charge is 2.26. The molecule has 1 aliphatic rings. The summed E-state index contributed by atoms with van der Waals surface area (Å²) in [6.07, 6.45) is 0.243. The van der Waals surface area contributed by atoms with E-state index in [4.69, 9.17) is 10.5 Å². The van der Waals surface area contributed by atoms with E-state index in [9.17, 15) is 0 Å². The molecule has 44 valence electrons. The molecule has 1 unspecified atom stereocenters. The maximum absolute atomic E-state index is 8.96. The molecular weight excluding hydrogens is 106 g/mol. The van der Waals surface area contributed by atoms with Crippen LogP contribution >= 0.6 is 0 Å². The second-order valence-electron chi connectivity index (χ2n) is 2.04. The van der Waals surface area contributed by atoms with Crippen molar-refractivity contribution in [2.45, 2.75) is 19.1 Å². The summed E-state index contributed by atoms with van der Waals surface area (Å²) >= 11 is 0. The van der Waals surface area contributed by atoms with Gasteiger partial charge in [0.2, 0.25) is 0 Å². The van der Waals surface area contributed by atoms with Crippen LogP contribution in [0.25, 0.3) is 0 Å². The van der Waals surface area contributed by atoms with Gasteiger partial charge in [0.05, 0.1) is 6.42 Å². The van der Waals surface area contributed by atoms with Gasteiger partial charge < -0.3 is 5.11 Å². The molecule has 0 saturated carbocycles. The lowest BCUT2D eigenvalue weighted by atomic mass is 10.2. The Morgan fingerprint density at radius 3 is 2.62 bits per heavy atom. The van der Waals surface area contributed by atoms with Crippen LogP contribution in [0.4, 0.5) is 0 Å². The molecule has 0 radical (unpaired) electrons. The molecule has 0 spiro atoms. The van der Waals surface area contributed by atoms with Crippen LogP contribution in [0.15, 0.2) is 10.2 Å². The summed E-state index contributed by atoms with van der Waals surface area (Å²) in [5.41, 5.74) is -1.10. The Morgan fingerprint density at radius 2 is 2.50 bits per heavy atom. The first kappa shape index (κ1) is 5.37. The topological polar surface area (TPSA) is 68.8 Å². The van der Waals surface area contributed by atoms with Crippen LogP contribution in [0.3, 0.4) is 0 Å². The highest BCUT2D eigenvalue weighted by atomic mass is 16.3. The molecule has 2 N–H and O–H groups in total. The number of nitrogens with zero attached hydrogens (tertiary/aromatic N) is 2. The van der Waals surface area contributed by atoms with Gasteiger partial charge in [-0.25, -0.2) is 0 Å². The zero-order valence-electron chi connectivity index (χ0n) is 4.55. The normalized spacial score (nSPS) is 36.5. The Balaban J connectivity index is 2.72. The van der Waals surface area contributed by atoms with Crippen molar-refractivity contribution in [3.05, 3.63) is 0 Å². The van der Waals surface area contributed by atoms with Crippen molar-refractivity contribution in [3.63, 3.8) is 0 Å². The van der Waals surface area contributed by atoms with Crippen LogP contribution < -0.4 is 0 Å². The molecule has 0 aromatic heterocycles. The summed E-state index contributed by atoms with van der Waals surface area (Å²) < 4.78 is 0. The minimum Gasteiger partial charge on any atom is -0.368 e. The molecule has 8 heavy (non-hydrogen) atoms. The summed E-state index contributed by atoms with van der Waals surface area (Å²) in [5, 5.41) is 22.6. The minimum atomic E-state index is -1.10. The fourth-order valence-electron chi connectivity index (χ4n) is 0.556. The monoisotopic (exact) mass is 113 g/mol. The van der Waals surface area contributed by atoms with E-state index in [1.165, 1.54) is 6.92 Å². The van der Waals surface area contributed by atoms with E-state index in [-0.39, 0.29) is 12.3 Å². The third-order valence-electron chi connectivity index (χ3n) is 0.888. The lowest BCUT2D eigenvalue weighted by Crippen LogP contribution is -2.17. The highest BCUT2D eigenvalue weighted by Crippen LogP contribution is 2.18. The van der Waals surface area contributed by atoms with E-state index in [0.29, 0.717) is 0 Å². The molecule has 0 aromatic carbocycles. The van der Waals surface area contributed by atoms with Gasteiger partial charge >= 0.3 is 0 Å². The van der Waals surface area contributed by atoms with E-state index in [0.717, 1.165) is 0 Å². The molecule has 0 aromatic rings. The number of rotatable bonds is 0. The van der Waals surface area contributed by atoms with E-state index in [2.05, 4.69) is 10.2 Å². The molecule has 1 rings (SSSR count). The Morgan fingerprint density at radius 1 is 1.88 bits per heavy atom. The predicted octanol–water partition coefficient (Wildman–Crippen LogP) is 0.528. The molecule has 1 heterocycles. The van der Waals surface area contributed by atoms with Crippen LogP contribution in [-0.4, -0.2) is 16.7 Å². The van der Waals surface area contributed by atoms with Gasteiger partial charge in [-0.3, -0.25) is 5.41 Å². The second kappa shape index (κ2) is 1.35. The molecular formula is C4H7N3O. The predicted molar refractivity (Wildman–Crippen MR) is 27.8 cm³/mol. The van der Waals surface area contributed by atoms with Gasteiger partial charge in [0.25, 0.3) is 0 Å². The van der Waals surface area contributed by atoms with Gasteiger partial charge in [-0.05, 0) is 6.92 Å². The lowest BCUT2D eigenvalue weighted by molar-refractivity contribution is 0.0792. The van der Waals surface area contributed by atoms with Crippen molar-refractivity contribution in [3.8, 4) is 0 Å². The average Bonchev–Trinajstić information content (AvgIpc) is 1.82. The molecule has 4 nitrogen and oxygen atoms in total. The van der Waals surface area contributed by atoms with Crippen molar-refractivity contribution in [2.75, 3.05) is 0 Å². The highest BCUT2D eigenvalue weighted by molar-refractivity contribution is 5.81. The first-order valence-electron chi connectivity index (χ1n) is 2.33. The number of hydrogen-bond acceptors (Lipinski definition) is 3. The third kappa shape index (κ3) is 0.894. The van der Waals surface area contributed by atoms with Gasteiger partial charge in [0.15, 0.2) is 5.72 Å². The van der Waals surface area contributed by atoms with Crippen LogP contribution in [0.2, 0.25) is 0 Å². The van der Waals surface area contributed by atoms with Gasteiger partial charge in [0.1, 0.15) is 5.84 Å². The zero-order valence-corrected chi connectivity index (χ0v) is 4.55. The van der Waals surface area contributed by atoms with Crippen LogP contribution in [0.1, 0.15) is 13.3 Å². The Labute approximate surface area is 46.8 Å². The molecule has 0 saturated heterocycles. The summed E-state index contributed by atoms with van der Waals surface area (Å²) in [7, 11) is 0. The van der Waals surface area contributed by atoms with E-state index < -0.39 is 5.72 Å². The Kier molecular flexibility index (Phi) is 0.907. The minimum absolute atomic E-state index is 0.148. The van der Waals surface area contributed by atoms with Crippen molar-refractivity contribution in [1.29, 1.82) is 5.41 Å².